The third-order valence-electron chi connectivity index (χ3n) is 12.4. The van der Waals surface area contributed by atoms with Crippen LogP contribution in [-0.2, 0) is 37.1 Å². The second-order valence-corrected chi connectivity index (χ2v) is 16.3. The summed E-state index contributed by atoms with van der Waals surface area (Å²) in [5.74, 6) is -0.811. The minimum atomic E-state index is -4.54. The maximum Gasteiger partial charge on any atom is 0.481 e. The number of amides is 3. The summed E-state index contributed by atoms with van der Waals surface area (Å²) in [7, 11) is 0.505. The zero-order valence-electron chi connectivity index (χ0n) is 32.1. The molecular formula is C39H46BF3N6O7. The lowest BCUT2D eigenvalue weighted by atomic mass is 9.43. The van der Waals surface area contributed by atoms with Crippen molar-refractivity contribution in [2.24, 2.45) is 17.3 Å². The highest BCUT2D eigenvalue weighted by Gasteiger charge is 2.68. The number of methoxy groups -OCH3 is 1. The minimum absolute atomic E-state index is 0.0283. The van der Waals surface area contributed by atoms with E-state index in [0.717, 1.165) is 31.0 Å². The molecule has 0 unspecified atom stereocenters. The standard InChI is InChI=1S/C39H46BF3N6O7/c1-7-29(40-55-28-17-23-16-27(36(23,2)3)38(28,5)56-40)46-32(51)26-19-37(4,48-35(53)45-25-14-9-8-13-24(25)33(52)54-6)34-47-30(18-31(50)49(26)34)44-20-21-11-10-12-22(15-21)39(41,42)43/h8-15,18,23,26-29,44H,7,16-17,19-20H2,1-6H3,(H,46,51)(H2,45,48,53)/t23-,26-,27-,28+,29-,37+,38-/m0/s1. The van der Waals surface area contributed by atoms with Crippen molar-refractivity contribution in [3.63, 3.8) is 0 Å². The van der Waals surface area contributed by atoms with E-state index in [9.17, 15) is 32.3 Å². The molecule has 298 valence electrons. The lowest BCUT2D eigenvalue weighted by Crippen LogP contribution is -2.65. The van der Waals surface area contributed by atoms with E-state index in [-0.39, 0.29) is 47.4 Å². The Hall–Kier alpha value is -4.90. The highest BCUT2D eigenvalue weighted by atomic mass is 19.4. The van der Waals surface area contributed by atoms with Gasteiger partial charge in [0.2, 0.25) is 5.91 Å². The molecule has 0 spiro atoms. The Bertz CT molecular complexity index is 2120. The van der Waals surface area contributed by atoms with Gasteiger partial charge in [0.25, 0.3) is 5.56 Å². The molecule has 5 aliphatic rings. The lowest BCUT2D eigenvalue weighted by molar-refractivity contribution is -0.199. The monoisotopic (exact) mass is 778 g/mol. The van der Waals surface area contributed by atoms with E-state index in [1.807, 2.05) is 6.92 Å². The largest absolute Gasteiger partial charge is 0.481 e. The van der Waals surface area contributed by atoms with E-state index in [0.29, 0.717) is 23.8 Å². The van der Waals surface area contributed by atoms with E-state index in [2.05, 4.69) is 47.0 Å². The van der Waals surface area contributed by atoms with Crippen LogP contribution < -0.4 is 26.8 Å². The first-order valence-corrected chi connectivity index (χ1v) is 18.8. The second-order valence-electron chi connectivity index (χ2n) is 16.3. The Balaban J connectivity index is 1.15. The molecule has 2 bridgehead atoms. The number of fused-ring (bicyclic) bond motifs is 1. The number of nitrogens with zero attached hydrogens (tertiary/aromatic N) is 2. The van der Waals surface area contributed by atoms with E-state index >= 15 is 0 Å². The van der Waals surface area contributed by atoms with Gasteiger partial charge in [-0.05, 0) is 80.2 Å². The van der Waals surface area contributed by atoms with Crippen molar-refractivity contribution in [3.8, 4) is 0 Å². The molecule has 8 rings (SSSR count). The number of esters is 1. The van der Waals surface area contributed by atoms with Crippen LogP contribution in [0.4, 0.5) is 29.5 Å². The average molecular weight is 779 g/mol. The molecule has 2 aliphatic heterocycles. The number of alkyl halides is 3. The van der Waals surface area contributed by atoms with Gasteiger partial charge >= 0.3 is 25.3 Å². The number of para-hydroxylation sites is 1. The zero-order valence-corrected chi connectivity index (χ0v) is 32.1. The molecule has 2 aromatic carbocycles. The Kier molecular flexibility index (Phi) is 10.0. The molecule has 4 fully saturated rings. The van der Waals surface area contributed by atoms with Crippen LogP contribution in [0.2, 0.25) is 0 Å². The van der Waals surface area contributed by atoms with Crippen molar-refractivity contribution in [2.45, 2.75) is 102 Å². The number of halogens is 3. The summed E-state index contributed by atoms with van der Waals surface area (Å²) < 4.78 is 59.3. The van der Waals surface area contributed by atoms with Gasteiger partial charge in [-0.25, -0.2) is 14.6 Å². The predicted molar refractivity (Wildman–Crippen MR) is 201 cm³/mol. The van der Waals surface area contributed by atoms with Gasteiger partial charge in [0, 0.05) is 19.0 Å². The fourth-order valence-corrected chi connectivity index (χ4v) is 9.21. The first kappa shape index (κ1) is 39.3. The number of benzene rings is 2. The van der Waals surface area contributed by atoms with Crippen LogP contribution in [-0.4, -0.2) is 59.3 Å². The molecule has 3 saturated carbocycles. The van der Waals surface area contributed by atoms with Crippen LogP contribution in [0.1, 0.15) is 93.7 Å². The van der Waals surface area contributed by atoms with Crippen molar-refractivity contribution in [1.82, 2.24) is 20.2 Å². The first-order valence-electron chi connectivity index (χ1n) is 18.8. The Morgan fingerprint density at radius 3 is 2.52 bits per heavy atom. The van der Waals surface area contributed by atoms with Gasteiger partial charge in [0.05, 0.1) is 47.1 Å². The third-order valence-corrected chi connectivity index (χ3v) is 12.4. The molecule has 3 aliphatic carbocycles. The summed E-state index contributed by atoms with van der Waals surface area (Å²) in [5, 5.41) is 11.5. The van der Waals surface area contributed by atoms with E-state index in [1.165, 1.54) is 35.9 Å². The van der Waals surface area contributed by atoms with Crippen LogP contribution in [0, 0.1) is 17.3 Å². The number of urea groups is 1. The van der Waals surface area contributed by atoms with Gasteiger partial charge in [-0.2, -0.15) is 13.2 Å². The summed E-state index contributed by atoms with van der Waals surface area (Å²) in [5.41, 5.74) is -2.69. The van der Waals surface area contributed by atoms with Crippen molar-refractivity contribution < 1.29 is 41.6 Å². The van der Waals surface area contributed by atoms with E-state index in [4.69, 9.17) is 14.0 Å². The van der Waals surface area contributed by atoms with Crippen LogP contribution in [0.3, 0.4) is 0 Å². The normalized spacial score (nSPS) is 27.6. The number of anilines is 2. The molecule has 3 amide bonds. The molecule has 56 heavy (non-hydrogen) atoms. The number of aromatic nitrogens is 2. The van der Waals surface area contributed by atoms with Crippen molar-refractivity contribution >= 4 is 36.5 Å². The highest BCUT2D eigenvalue weighted by Crippen LogP contribution is 2.65. The summed E-state index contributed by atoms with van der Waals surface area (Å²) >= 11 is 0. The number of rotatable bonds is 10. The topological polar surface area (TPSA) is 162 Å². The summed E-state index contributed by atoms with van der Waals surface area (Å²) in [6, 6.07) is 10.3. The summed E-state index contributed by atoms with van der Waals surface area (Å²) in [4.78, 5) is 58.9. The van der Waals surface area contributed by atoms with Crippen molar-refractivity contribution in [3.05, 3.63) is 87.5 Å². The molecule has 0 radical (unpaired) electrons. The second kappa shape index (κ2) is 14.2. The number of hydrogen-bond acceptors (Lipinski definition) is 9. The van der Waals surface area contributed by atoms with Gasteiger partial charge in [0.1, 0.15) is 17.7 Å². The molecular weight excluding hydrogens is 732 g/mol. The molecule has 17 heteroatoms. The molecule has 1 aromatic heterocycles. The molecule has 3 heterocycles. The first-order chi connectivity index (χ1) is 26.4. The number of nitrogens with one attached hydrogen (secondary N) is 4. The maximum atomic E-state index is 14.3. The minimum Gasteiger partial charge on any atom is -0.465 e. The highest BCUT2D eigenvalue weighted by molar-refractivity contribution is 6.47. The molecule has 3 aromatic rings. The quantitative estimate of drug-likeness (QED) is 0.147. The molecule has 1 saturated heterocycles. The fraction of sp³-hybridized carbons (Fsp3) is 0.513. The number of hydrogen-bond donors (Lipinski definition) is 4. The molecule has 13 nitrogen and oxygen atoms in total. The van der Waals surface area contributed by atoms with E-state index < -0.39 is 65.4 Å². The van der Waals surface area contributed by atoms with Crippen molar-refractivity contribution in [2.75, 3.05) is 17.7 Å². The smallest absolute Gasteiger partial charge is 0.465 e. The van der Waals surface area contributed by atoms with Crippen LogP contribution >= 0.6 is 0 Å². The van der Waals surface area contributed by atoms with Crippen molar-refractivity contribution in [1.29, 1.82) is 0 Å². The maximum absolute atomic E-state index is 14.3. The van der Waals surface area contributed by atoms with Gasteiger partial charge in [-0.15, -0.1) is 0 Å². The van der Waals surface area contributed by atoms with Gasteiger partial charge < -0.3 is 35.3 Å². The fourth-order valence-electron chi connectivity index (χ4n) is 9.21. The van der Waals surface area contributed by atoms with Gasteiger partial charge in [-0.1, -0.05) is 45.0 Å². The molecule has 7 atom stereocenters. The van der Waals surface area contributed by atoms with Gasteiger partial charge in [0.15, 0.2) is 0 Å². The van der Waals surface area contributed by atoms with E-state index in [1.54, 1.807) is 19.1 Å². The SMILES string of the molecule is CC[C@H](NC(=O)[C@@H]1C[C@@](C)(NC(=O)Nc2ccccc2C(=O)OC)c2nc(NCc3cccc(C(F)(F)F)c3)cc(=O)n21)B1O[C@@H]2C[C@@H]3C[C@@H](C3(C)C)[C@]2(C)O1. The van der Waals surface area contributed by atoms with Crippen LogP contribution in [0.5, 0.6) is 0 Å². The Morgan fingerprint density at radius 2 is 1.82 bits per heavy atom. The Morgan fingerprint density at radius 1 is 1.07 bits per heavy atom. The van der Waals surface area contributed by atoms with Gasteiger partial charge in [-0.3, -0.25) is 14.2 Å². The lowest BCUT2D eigenvalue weighted by Gasteiger charge is -2.64. The summed E-state index contributed by atoms with van der Waals surface area (Å²) in [6.07, 6.45) is -2.32. The zero-order chi connectivity index (χ0) is 40.4. The number of ether oxygens (including phenoxy) is 1. The average Bonchev–Trinajstić information content (AvgIpc) is 3.66. The number of carbonyl (C=O) groups is 3. The summed E-state index contributed by atoms with van der Waals surface area (Å²) in [6.45, 7) is 10.0. The third kappa shape index (κ3) is 6.92. The Labute approximate surface area is 322 Å². The number of carbonyl (C=O) groups excluding carboxylic acids is 3. The molecule has 4 N–H and O–H groups in total. The van der Waals surface area contributed by atoms with Crippen LogP contribution in [0.15, 0.2) is 59.4 Å². The van der Waals surface area contributed by atoms with Crippen LogP contribution in [0.25, 0.3) is 0 Å². The predicted octanol–water partition coefficient (Wildman–Crippen LogP) is 5.80.